The fourth-order valence-corrected chi connectivity index (χ4v) is 5.63. The van der Waals surface area contributed by atoms with Gasteiger partial charge in [0.1, 0.15) is 6.33 Å². The van der Waals surface area contributed by atoms with Gasteiger partial charge in [-0.2, -0.15) is 4.98 Å². The Kier molecular flexibility index (Phi) is 4.31. The lowest BCUT2D eigenvalue weighted by Crippen LogP contribution is -2.11. The van der Waals surface area contributed by atoms with Gasteiger partial charge in [0.05, 0.1) is 27.5 Å². The van der Waals surface area contributed by atoms with Crippen molar-refractivity contribution in [1.29, 1.82) is 0 Å². The summed E-state index contributed by atoms with van der Waals surface area (Å²) >= 11 is 0. The fraction of sp³-hybridized carbons (Fsp3) is 0. The summed E-state index contributed by atoms with van der Waals surface area (Å²) in [5.74, 6) is 0. The van der Waals surface area contributed by atoms with Crippen LogP contribution < -0.4 is 5.56 Å². The predicted octanol–water partition coefficient (Wildman–Crippen LogP) is 7.16. The van der Waals surface area contributed by atoms with E-state index in [1.807, 2.05) is 34.7 Å². The summed E-state index contributed by atoms with van der Waals surface area (Å²) in [6, 6.07) is 39.3. The molecule has 0 bridgehead atoms. The molecule has 0 unspecified atom stereocenters. The minimum absolute atomic E-state index is 0.228. The third-order valence-electron chi connectivity index (χ3n) is 7.40. The number of para-hydroxylation sites is 3. The van der Waals surface area contributed by atoms with Crippen LogP contribution in [0.3, 0.4) is 0 Å². The average Bonchev–Trinajstić information content (AvgIpc) is 3.31. The zero-order chi connectivity index (χ0) is 25.2. The number of hydrogen-bond acceptors (Lipinski definition) is 3. The van der Waals surface area contributed by atoms with Gasteiger partial charge in [0.15, 0.2) is 5.65 Å². The summed E-state index contributed by atoms with van der Waals surface area (Å²) < 4.78 is 4.22. The van der Waals surface area contributed by atoms with E-state index in [-0.39, 0.29) is 5.56 Å². The summed E-state index contributed by atoms with van der Waals surface area (Å²) in [6.45, 7) is 0. The molecule has 0 fully saturated rings. The molecule has 0 saturated heterocycles. The monoisotopic (exact) mass is 488 g/mol. The number of rotatable bonds is 2. The molecule has 0 spiro atoms. The second-order valence-corrected chi connectivity index (χ2v) is 9.52. The number of benzene rings is 5. The molecular weight excluding hydrogens is 468 g/mol. The van der Waals surface area contributed by atoms with Crippen molar-refractivity contribution in [1.82, 2.24) is 18.9 Å². The molecule has 8 aromatic rings. The minimum Gasteiger partial charge on any atom is -0.309 e. The van der Waals surface area contributed by atoms with Gasteiger partial charge in [-0.25, -0.2) is 4.98 Å². The summed E-state index contributed by atoms with van der Waals surface area (Å²) in [5.41, 5.74) is 7.61. The van der Waals surface area contributed by atoms with Crippen molar-refractivity contribution in [2.24, 2.45) is 0 Å². The van der Waals surface area contributed by atoms with Crippen LogP contribution in [-0.4, -0.2) is 18.9 Å². The zero-order valence-electron chi connectivity index (χ0n) is 20.2. The highest BCUT2D eigenvalue weighted by atomic mass is 16.1. The second kappa shape index (κ2) is 7.85. The smallest absolute Gasteiger partial charge is 0.281 e. The van der Waals surface area contributed by atoms with Crippen LogP contribution in [0.2, 0.25) is 0 Å². The van der Waals surface area contributed by atoms with E-state index in [1.165, 1.54) is 16.3 Å². The third kappa shape index (κ3) is 2.96. The highest BCUT2D eigenvalue weighted by molar-refractivity contribution is 6.10. The molecule has 0 N–H and O–H groups in total. The Hall–Kier alpha value is -5.29. The fourth-order valence-electron chi connectivity index (χ4n) is 5.63. The average molecular weight is 489 g/mol. The molecule has 0 aliphatic rings. The molecule has 178 valence electrons. The molecule has 5 nitrogen and oxygen atoms in total. The van der Waals surface area contributed by atoms with Crippen LogP contribution in [0.4, 0.5) is 0 Å². The van der Waals surface area contributed by atoms with Gasteiger partial charge in [0.2, 0.25) is 0 Å². The van der Waals surface area contributed by atoms with Gasteiger partial charge in [0.25, 0.3) is 5.56 Å². The minimum atomic E-state index is -0.228. The molecule has 0 amide bonds. The van der Waals surface area contributed by atoms with Gasteiger partial charge in [-0.15, -0.1) is 0 Å². The molecule has 5 heteroatoms. The van der Waals surface area contributed by atoms with Crippen LogP contribution in [0, 0.1) is 0 Å². The summed E-state index contributed by atoms with van der Waals surface area (Å²) in [7, 11) is 0. The van der Waals surface area contributed by atoms with Crippen molar-refractivity contribution in [3.05, 3.63) is 132 Å². The molecule has 8 rings (SSSR count). The number of nitrogens with zero attached hydrogens (tertiary/aromatic N) is 4. The Morgan fingerprint density at radius 2 is 1.21 bits per heavy atom. The molecule has 0 atom stereocenters. The molecule has 0 aliphatic carbocycles. The Morgan fingerprint density at radius 3 is 2.05 bits per heavy atom. The van der Waals surface area contributed by atoms with E-state index in [0.29, 0.717) is 11.0 Å². The first-order valence-corrected chi connectivity index (χ1v) is 12.6. The first kappa shape index (κ1) is 20.9. The Morgan fingerprint density at radius 1 is 0.553 bits per heavy atom. The lowest BCUT2D eigenvalue weighted by molar-refractivity contribution is 1.09. The maximum atomic E-state index is 12.8. The highest BCUT2D eigenvalue weighted by Gasteiger charge is 2.14. The predicted molar refractivity (Wildman–Crippen MR) is 154 cm³/mol. The molecule has 0 radical (unpaired) electrons. The van der Waals surface area contributed by atoms with Crippen molar-refractivity contribution in [2.45, 2.75) is 0 Å². The van der Waals surface area contributed by atoms with E-state index >= 15 is 0 Å². The van der Waals surface area contributed by atoms with Crippen LogP contribution in [0.15, 0.2) is 126 Å². The first-order valence-electron chi connectivity index (χ1n) is 12.6. The number of fused-ring (bicyclic) bond motifs is 8. The highest BCUT2D eigenvalue weighted by Crippen LogP contribution is 2.35. The van der Waals surface area contributed by atoms with Crippen LogP contribution >= 0.6 is 0 Å². The van der Waals surface area contributed by atoms with Gasteiger partial charge >= 0.3 is 0 Å². The topological polar surface area (TPSA) is 52.2 Å². The molecule has 38 heavy (non-hydrogen) atoms. The molecule has 0 aliphatic heterocycles. The van der Waals surface area contributed by atoms with Gasteiger partial charge in [-0.05, 0) is 65.7 Å². The van der Waals surface area contributed by atoms with Gasteiger partial charge < -0.3 is 4.57 Å². The third-order valence-corrected chi connectivity index (χ3v) is 7.40. The molecule has 0 saturated carbocycles. The Balaban J connectivity index is 1.38. The van der Waals surface area contributed by atoms with Crippen molar-refractivity contribution in [3.63, 3.8) is 0 Å². The SMILES string of the molecule is O=c1nc2c3cc(-c4ccc5c(c4)c4ccccc4n5-c4ccccc4)ccc3ncn2c2ccccc12. The van der Waals surface area contributed by atoms with Crippen LogP contribution in [0.25, 0.3) is 66.1 Å². The quantitative estimate of drug-likeness (QED) is 0.243. The van der Waals surface area contributed by atoms with Crippen molar-refractivity contribution < 1.29 is 0 Å². The van der Waals surface area contributed by atoms with Crippen molar-refractivity contribution in [3.8, 4) is 16.8 Å². The number of aromatic nitrogens is 4. The molecule has 3 heterocycles. The molecule has 5 aromatic carbocycles. The van der Waals surface area contributed by atoms with E-state index in [1.54, 1.807) is 12.4 Å². The summed E-state index contributed by atoms with van der Waals surface area (Å²) in [4.78, 5) is 22.0. The maximum Gasteiger partial charge on any atom is 0.281 e. The van der Waals surface area contributed by atoms with Gasteiger partial charge in [-0.1, -0.05) is 60.7 Å². The van der Waals surface area contributed by atoms with Crippen LogP contribution in [-0.2, 0) is 0 Å². The standard InChI is InChI=1S/C33H20N4O/c38-33-25-11-5-6-12-29(25)36-20-34-28-16-14-21(19-27(28)32(36)35-33)22-15-17-31-26(18-22)24-10-4-7-13-30(24)37(31)23-8-2-1-3-9-23/h1-20H. The van der Waals surface area contributed by atoms with Crippen molar-refractivity contribution >= 4 is 49.3 Å². The van der Waals surface area contributed by atoms with Gasteiger partial charge in [0, 0.05) is 21.8 Å². The second-order valence-electron chi connectivity index (χ2n) is 9.52. The summed E-state index contributed by atoms with van der Waals surface area (Å²) in [5, 5.41) is 3.83. The Bertz CT molecular complexity index is 2260. The van der Waals surface area contributed by atoms with Gasteiger partial charge in [-0.3, -0.25) is 9.20 Å². The maximum absolute atomic E-state index is 12.8. The van der Waals surface area contributed by atoms with E-state index in [0.717, 1.165) is 38.8 Å². The first-order chi connectivity index (χ1) is 18.8. The summed E-state index contributed by atoms with van der Waals surface area (Å²) in [6.07, 6.45) is 1.75. The van der Waals surface area contributed by atoms with E-state index in [4.69, 9.17) is 0 Å². The number of hydrogen-bond donors (Lipinski definition) is 0. The van der Waals surface area contributed by atoms with Crippen LogP contribution in [0.1, 0.15) is 0 Å². The van der Waals surface area contributed by atoms with E-state index < -0.39 is 0 Å². The zero-order valence-corrected chi connectivity index (χ0v) is 20.2. The largest absolute Gasteiger partial charge is 0.309 e. The van der Waals surface area contributed by atoms with E-state index in [9.17, 15) is 4.79 Å². The van der Waals surface area contributed by atoms with Crippen LogP contribution in [0.5, 0.6) is 0 Å². The van der Waals surface area contributed by atoms with E-state index in [2.05, 4.69) is 93.4 Å². The lowest BCUT2D eigenvalue weighted by atomic mass is 10.0. The molecule has 3 aromatic heterocycles. The Labute approximate surface area is 216 Å². The molecular formula is C33H20N4O. The van der Waals surface area contributed by atoms with Crippen molar-refractivity contribution in [2.75, 3.05) is 0 Å². The normalized spacial score (nSPS) is 11.8. The lowest BCUT2D eigenvalue weighted by Gasteiger charge is -2.10.